The predicted octanol–water partition coefficient (Wildman–Crippen LogP) is 4.21. The number of carbonyl (C=O) groups excluding carboxylic acids is 2. The summed E-state index contributed by atoms with van der Waals surface area (Å²) in [5.74, 6) is 0.266. The molecule has 2 aliphatic heterocycles. The van der Waals surface area contributed by atoms with Crippen LogP contribution in [0.4, 0.5) is 5.69 Å². The maximum absolute atomic E-state index is 13.7. The molecule has 2 aromatic heterocycles. The second-order valence-corrected chi connectivity index (χ2v) is 14.7. The molecule has 270 valence electrons. The van der Waals surface area contributed by atoms with Crippen molar-refractivity contribution in [1.29, 1.82) is 0 Å². The van der Waals surface area contributed by atoms with Crippen molar-refractivity contribution in [1.82, 2.24) is 24.1 Å². The summed E-state index contributed by atoms with van der Waals surface area (Å²) >= 11 is 0. The van der Waals surface area contributed by atoms with Gasteiger partial charge in [0, 0.05) is 61.5 Å². The number of carbonyl (C=O) groups is 2. The molecule has 14 heteroatoms. The van der Waals surface area contributed by atoms with Gasteiger partial charge in [0.2, 0.25) is 0 Å². The van der Waals surface area contributed by atoms with Crippen molar-refractivity contribution >= 4 is 65.7 Å². The monoisotopic (exact) mass is 724 g/mol. The molecule has 4 heterocycles. The summed E-state index contributed by atoms with van der Waals surface area (Å²) in [6.45, 7) is 6.85. The Balaban J connectivity index is 0.000000789. The van der Waals surface area contributed by atoms with Crippen molar-refractivity contribution in [3.63, 3.8) is 0 Å². The Kier molecular flexibility index (Phi) is 9.81. The zero-order chi connectivity index (χ0) is 36.6. The molecule has 2 aliphatic rings. The lowest BCUT2D eigenvalue weighted by Crippen LogP contribution is -2.48. The number of nitrogens with zero attached hydrogens (tertiary/aromatic N) is 5. The predicted molar refractivity (Wildman–Crippen MR) is 202 cm³/mol. The van der Waals surface area contributed by atoms with Crippen LogP contribution in [0.15, 0.2) is 77.9 Å². The van der Waals surface area contributed by atoms with E-state index in [1.54, 1.807) is 19.5 Å². The van der Waals surface area contributed by atoms with Gasteiger partial charge >= 0.3 is 0 Å². The molecule has 2 amide bonds. The molecule has 1 fully saturated rings. The minimum atomic E-state index is -3.67. The van der Waals surface area contributed by atoms with E-state index in [-0.39, 0.29) is 17.2 Å². The molecular formula is C38H40N6O7S. The first-order valence-electron chi connectivity index (χ1n) is 17.2. The van der Waals surface area contributed by atoms with Crippen molar-refractivity contribution in [3.8, 4) is 5.75 Å². The summed E-state index contributed by atoms with van der Waals surface area (Å²) < 4.78 is 33.3. The summed E-state index contributed by atoms with van der Waals surface area (Å²) in [5.41, 5.74) is 4.50. The van der Waals surface area contributed by atoms with Gasteiger partial charge in [0.1, 0.15) is 12.1 Å². The Morgan fingerprint density at radius 3 is 2.10 bits per heavy atom. The van der Waals surface area contributed by atoms with E-state index in [0.717, 1.165) is 91.7 Å². The van der Waals surface area contributed by atoms with Crippen LogP contribution in [0.25, 0.3) is 38.1 Å². The summed E-state index contributed by atoms with van der Waals surface area (Å²) in [6, 6.07) is 20.8. The lowest BCUT2D eigenvalue weighted by Gasteiger charge is -2.35. The number of pyridine rings is 1. The van der Waals surface area contributed by atoms with Crippen molar-refractivity contribution in [2.24, 2.45) is 0 Å². The second-order valence-electron chi connectivity index (χ2n) is 13.2. The Labute approximate surface area is 300 Å². The molecule has 6 aromatic rings. The number of ether oxygens (including phenoxy) is 1. The number of aromatic nitrogens is 2. The van der Waals surface area contributed by atoms with Gasteiger partial charge in [0.05, 0.1) is 40.7 Å². The van der Waals surface area contributed by atoms with Gasteiger partial charge in [0.15, 0.2) is 5.43 Å². The SMILES string of the molecule is COc1ccc2c(c1)c(=O)c1c(NCCCN3CCN(CCCN4C(=O)c5cccc6cccc(c56)C4=O)CC3)ccc3ncn2c31.CS(=O)(=O)O. The first-order chi connectivity index (χ1) is 25.0. The van der Waals surface area contributed by atoms with Gasteiger partial charge in [-0.15, -0.1) is 0 Å². The standard InChI is InChI=1S/C37H36N6O4.CH4O3S/c1-47-25-10-13-31-28(22-25)35(44)33-29(11-12-30-34(33)43(31)23-39-30)38-14-4-15-40-18-20-41(21-19-40)16-5-17-42-36(45)26-8-2-6-24-7-3-9-27(32(24)26)37(42)46;1-5(2,3)4/h2-3,6-13,22-23,38H,4-5,14-21H2,1H3;1H3,(H,2,3,4). The van der Waals surface area contributed by atoms with Gasteiger partial charge in [0.25, 0.3) is 21.9 Å². The van der Waals surface area contributed by atoms with Crippen LogP contribution >= 0.6 is 0 Å². The van der Waals surface area contributed by atoms with E-state index in [2.05, 4.69) is 20.1 Å². The van der Waals surface area contributed by atoms with E-state index < -0.39 is 10.1 Å². The van der Waals surface area contributed by atoms with E-state index in [0.29, 0.717) is 40.4 Å². The van der Waals surface area contributed by atoms with Gasteiger partial charge in [-0.25, -0.2) is 4.98 Å². The lowest BCUT2D eigenvalue weighted by molar-refractivity contribution is 0.0597. The Morgan fingerprint density at radius 2 is 1.46 bits per heavy atom. The molecule has 13 nitrogen and oxygen atoms in total. The molecule has 0 bridgehead atoms. The van der Waals surface area contributed by atoms with Crippen LogP contribution in [0.2, 0.25) is 0 Å². The van der Waals surface area contributed by atoms with E-state index >= 15 is 0 Å². The largest absolute Gasteiger partial charge is 0.497 e. The minimum Gasteiger partial charge on any atom is -0.497 e. The fourth-order valence-corrected chi connectivity index (χ4v) is 7.33. The van der Waals surface area contributed by atoms with Crippen molar-refractivity contribution in [3.05, 3.63) is 94.4 Å². The van der Waals surface area contributed by atoms with Gasteiger partial charge in [-0.05, 0) is 73.8 Å². The molecular weight excluding hydrogens is 685 g/mol. The van der Waals surface area contributed by atoms with Crippen LogP contribution in [0.1, 0.15) is 33.6 Å². The topological polar surface area (TPSA) is 154 Å². The molecule has 1 saturated heterocycles. The number of imidazole rings is 1. The highest BCUT2D eigenvalue weighted by Crippen LogP contribution is 2.31. The van der Waals surface area contributed by atoms with Crippen LogP contribution in [0.5, 0.6) is 5.75 Å². The lowest BCUT2D eigenvalue weighted by atomic mass is 9.94. The second kappa shape index (κ2) is 14.5. The quantitative estimate of drug-likeness (QED) is 0.0904. The Bertz CT molecular complexity index is 2420. The van der Waals surface area contributed by atoms with Crippen LogP contribution < -0.4 is 15.5 Å². The van der Waals surface area contributed by atoms with Crippen LogP contribution in [-0.4, -0.2) is 115 Å². The number of amides is 2. The summed E-state index contributed by atoms with van der Waals surface area (Å²) in [4.78, 5) is 50.9. The number of benzene rings is 4. The molecule has 0 unspecified atom stereocenters. The zero-order valence-electron chi connectivity index (χ0n) is 29.0. The van der Waals surface area contributed by atoms with Gasteiger partial charge in [-0.3, -0.25) is 28.2 Å². The first kappa shape index (κ1) is 35.3. The normalized spacial score (nSPS) is 15.5. The van der Waals surface area contributed by atoms with Gasteiger partial charge in [-0.1, -0.05) is 24.3 Å². The molecule has 8 rings (SSSR count). The van der Waals surface area contributed by atoms with E-state index in [1.807, 2.05) is 65.1 Å². The molecule has 0 spiro atoms. The molecule has 0 aliphatic carbocycles. The number of hydrogen-bond donors (Lipinski definition) is 2. The van der Waals surface area contributed by atoms with E-state index in [9.17, 15) is 22.8 Å². The van der Waals surface area contributed by atoms with Gasteiger partial charge in [-0.2, -0.15) is 8.42 Å². The van der Waals surface area contributed by atoms with Crippen LogP contribution in [-0.2, 0) is 10.1 Å². The van der Waals surface area contributed by atoms with E-state index in [1.165, 1.54) is 4.90 Å². The number of piperazine rings is 1. The number of nitrogens with one attached hydrogen (secondary N) is 1. The third kappa shape index (κ3) is 7.02. The number of imide groups is 1. The summed E-state index contributed by atoms with van der Waals surface area (Å²) in [5, 5.41) is 6.50. The van der Waals surface area contributed by atoms with E-state index in [4.69, 9.17) is 9.29 Å². The van der Waals surface area contributed by atoms with Crippen LogP contribution in [0.3, 0.4) is 0 Å². The molecule has 0 atom stereocenters. The fraction of sp³-hybridized carbons (Fsp3) is 0.316. The van der Waals surface area contributed by atoms with Crippen LogP contribution in [0, 0.1) is 0 Å². The third-order valence-electron chi connectivity index (χ3n) is 9.79. The average molecular weight is 725 g/mol. The number of anilines is 1. The molecule has 0 saturated carbocycles. The van der Waals surface area contributed by atoms with Crippen molar-refractivity contribution in [2.75, 3.05) is 71.0 Å². The van der Waals surface area contributed by atoms with Crippen molar-refractivity contribution in [2.45, 2.75) is 12.8 Å². The molecule has 0 radical (unpaired) electrons. The number of methoxy groups -OCH3 is 1. The Hall–Kier alpha value is -5.15. The maximum Gasteiger partial charge on any atom is 0.261 e. The van der Waals surface area contributed by atoms with Gasteiger partial charge < -0.3 is 19.9 Å². The number of fused-ring (bicyclic) bond motifs is 2. The fourth-order valence-electron chi connectivity index (χ4n) is 7.33. The molecule has 52 heavy (non-hydrogen) atoms. The van der Waals surface area contributed by atoms with Crippen molar-refractivity contribution < 1.29 is 27.3 Å². The molecule has 4 aromatic carbocycles. The first-order valence-corrected chi connectivity index (χ1v) is 19.1. The minimum absolute atomic E-state index is 0.0210. The third-order valence-corrected chi connectivity index (χ3v) is 9.79. The number of hydrogen-bond acceptors (Lipinski definition) is 10. The smallest absolute Gasteiger partial charge is 0.261 e. The molecule has 2 N–H and O–H groups in total. The summed E-state index contributed by atoms with van der Waals surface area (Å²) in [6.07, 6.45) is 4.19. The highest BCUT2D eigenvalue weighted by Gasteiger charge is 2.32. The highest BCUT2D eigenvalue weighted by atomic mass is 32.2. The zero-order valence-corrected chi connectivity index (χ0v) is 29.9. The Morgan fingerprint density at radius 1 is 0.827 bits per heavy atom. The average Bonchev–Trinajstić information content (AvgIpc) is 3.57. The maximum atomic E-state index is 13.7. The number of rotatable bonds is 10. The summed E-state index contributed by atoms with van der Waals surface area (Å²) in [7, 11) is -2.06. The highest BCUT2D eigenvalue weighted by molar-refractivity contribution is 7.85.